The summed E-state index contributed by atoms with van der Waals surface area (Å²) in [5.74, 6) is 0.795. The van der Waals surface area contributed by atoms with Gasteiger partial charge in [0.25, 0.3) is 0 Å². The lowest BCUT2D eigenvalue weighted by Crippen LogP contribution is -2.03. The molecule has 5 heteroatoms. The normalized spacial score (nSPS) is 10.4. The summed E-state index contributed by atoms with van der Waals surface area (Å²) in [4.78, 5) is 12.8. The molecule has 0 unspecified atom stereocenters. The summed E-state index contributed by atoms with van der Waals surface area (Å²) in [5.41, 5.74) is 3.20. The van der Waals surface area contributed by atoms with E-state index in [4.69, 9.17) is 0 Å². The second-order valence-corrected chi connectivity index (χ2v) is 5.26. The van der Waals surface area contributed by atoms with Crippen molar-refractivity contribution in [2.75, 3.05) is 5.32 Å². The van der Waals surface area contributed by atoms with Gasteiger partial charge in [-0.05, 0) is 37.3 Å². The lowest BCUT2D eigenvalue weighted by atomic mass is 10.2. The van der Waals surface area contributed by atoms with E-state index in [-0.39, 0.29) is 0 Å². The van der Waals surface area contributed by atoms with Crippen LogP contribution in [0.25, 0.3) is 10.6 Å². The molecule has 0 saturated heterocycles. The van der Waals surface area contributed by atoms with Gasteiger partial charge in [0.15, 0.2) is 0 Å². The molecule has 0 amide bonds. The molecular formula is C15H14N4S. The highest BCUT2D eigenvalue weighted by Crippen LogP contribution is 2.23. The fraction of sp³-hybridized carbons (Fsp3) is 0.133. The molecule has 0 atom stereocenters. The number of nitrogens with zero attached hydrogens (tertiary/aromatic N) is 3. The highest BCUT2D eigenvalue weighted by molar-refractivity contribution is 7.13. The Morgan fingerprint density at radius 1 is 1.05 bits per heavy atom. The van der Waals surface area contributed by atoms with E-state index in [1.165, 1.54) is 0 Å². The summed E-state index contributed by atoms with van der Waals surface area (Å²) in [5, 5.41) is 6.38. The summed E-state index contributed by atoms with van der Waals surface area (Å²) in [7, 11) is 0. The van der Waals surface area contributed by atoms with Crippen LogP contribution in [0.15, 0.2) is 48.1 Å². The van der Waals surface area contributed by atoms with E-state index in [0.29, 0.717) is 6.54 Å². The van der Waals surface area contributed by atoms with Crippen molar-refractivity contribution in [3.63, 3.8) is 0 Å². The third kappa shape index (κ3) is 3.00. The molecule has 0 saturated carbocycles. The molecule has 20 heavy (non-hydrogen) atoms. The Morgan fingerprint density at radius 3 is 2.60 bits per heavy atom. The Bertz CT molecular complexity index is 677. The summed E-state index contributed by atoms with van der Waals surface area (Å²) in [6.07, 6.45) is 3.61. The van der Waals surface area contributed by atoms with Crippen LogP contribution < -0.4 is 5.32 Å². The zero-order chi connectivity index (χ0) is 13.8. The number of rotatable bonds is 4. The smallest absolute Gasteiger partial charge is 0.125 e. The number of aryl methyl sites for hydroxylation is 1. The van der Waals surface area contributed by atoms with E-state index < -0.39 is 0 Å². The van der Waals surface area contributed by atoms with E-state index in [1.807, 2.05) is 24.6 Å². The van der Waals surface area contributed by atoms with Gasteiger partial charge >= 0.3 is 0 Å². The summed E-state index contributed by atoms with van der Waals surface area (Å²) < 4.78 is 0. The van der Waals surface area contributed by atoms with Crippen molar-refractivity contribution in [2.45, 2.75) is 13.5 Å². The standard InChI is InChI=1S/C15H14N4S/c1-11-16-7-6-14(19-11)10-18-13-4-2-12(3-5-13)15-17-8-9-20-15/h2-9,18H,10H2,1H3. The van der Waals surface area contributed by atoms with E-state index >= 15 is 0 Å². The number of hydrogen-bond donors (Lipinski definition) is 1. The molecule has 2 aromatic heterocycles. The van der Waals surface area contributed by atoms with Gasteiger partial charge in [0.05, 0.1) is 12.2 Å². The van der Waals surface area contributed by atoms with Crippen LogP contribution in [0.2, 0.25) is 0 Å². The molecule has 100 valence electrons. The lowest BCUT2D eigenvalue weighted by Gasteiger charge is -2.06. The highest BCUT2D eigenvalue weighted by atomic mass is 32.1. The van der Waals surface area contributed by atoms with Crippen molar-refractivity contribution in [3.05, 3.63) is 59.6 Å². The Kier molecular flexibility index (Phi) is 3.69. The maximum absolute atomic E-state index is 4.36. The summed E-state index contributed by atoms with van der Waals surface area (Å²) in [6.45, 7) is 2.59. The number of nitrogens with one attached hydrogen (secondary N) is 1. The third-order valence-electron chi connectivity index (χ3n) is 2.87. The van der Waals surface area contributed by atoms with E-state index in [2.05, 4.69) is 44.5 Å². The Labute approximate surface area is 121 Å². The molecular weight excluding hydrogens is 268 g/mol. The van der Waals surface area contributed by atoms with Crippen molar-refractivity contribution in [1.29, 1.82) is 0 Å². The number of hydrogen-bond acceptors (Lipinski definition) is 5. The van der Waals surface area contributed by atoms with Crippen molar-refractivity contribution < 1.29 is 0 Å². The molecule has 4 nitrogen and oxygen atoms in total. The topological polar surface area (TPSA) is 50.7 Å². The van der Waals surface area contributed by atoms with Gasteiger partial charge in [-0.2, -0.15) is 0 Å². The second-order valence-electron chi connectivity index (χ2n) is 4.36. The van der Waals surface area contributed by atoms with Gasteiger partial charge in [0.1, 0.15) is 10.8 Å². The first-order valence-electron chi connectivity index (χ1n) is 6.33. The second kappa shape index (κ2) is 5.79. The zero-order valence-electron chi connectivity index (χ0n) is 11.1. The predicted octanol–water partition coefficient (Wildman–Crippen LogP) is 3.52. The van der Waals surface area contributed by atoms with Gasteiger partial charge in [-0.25, -0.2) is 15.0 Å². The monoisotopic (exact) mass is 282 g/mol. The van der Waals surface area contributed by atoms with Gasteiger partial charge < -0.3 is 5.32 Å². The summed E-state index contributed by atoms with van der Waals surface area (Å²) >= 11 is 1.65. The van der Waals surface area contributed by atoms with Crippen LogP contribution in [-0.2, 0) is 6.54 Å². The number of aromatic nitrogens is 3. The molecule has 2 heterocycles. The van der Waals surface area contributed by atoms with Crippen LogP contribution in [0.4, 0.5) is 5.69 Å². The average Bonchev–Trinajstić information content (AvgIpc) is 3.00. The maximum Gasteiger partial charge on any atom is 0.125 e. The third-order valence-corrected chi connectivity index (χ3v) is 3.69. The highest BCUT2D eigenvalue weighted by Gasteiger charge is 2.01. The lowest BCUT2D eigenvalue weighted by molar-refractivity contribution is 0.955. The minimum atomic E-state index is 0.694. The van der Waals surface area contributed by atoms with Crippen LogP contribution in [-0.4, -0.2) is 15.0 Å². The first kappa shape index (κ1) is 12.7. The van der Waals surface area contributed by atoms with Crippen LogP contribution >= 0.6 is 11.3 Å². The van der Waals surface area contributed by atoms with Crippen LogP contribution in [0.1, 0.15) is 11.5 Å². The van der Waals surface area contributed by atoms with Crippen molar-refractivity contribution in [2.24, 2.45) is 0 Å². The Hall–Kier alpha value is -2.27. The number of thiazole rings is 1. The number of benzene rings is 1. The van der Waals surface area contributed by atoms with Crippen molar-refractivity contribution in [1.82, 2.24) is 15.0 Å². The van der Waals surface area contributed by atoms with Crippen molar-refractivity contribution in [3.8, 4) is 10.6 Å². The summed E-state index contributed by atoms with van der Waals surface area (Å²) in [6, 6.07) is 10.2. The molecule has 0 spiro atoms. The largest absolute Gasteiger partial charge is 0.379 e. The average molecular weight is 282 g/mol. The van der Waals surface area contributed by atoms with E-state index in [1.54, 1.807) is 17.5 Å². The van der Waals surface area contributed by atoms with Crippen LogP contribution in [0.3, 0.4) is 0 Å². The molecule has 3 aromatic rings. The van der Waals surface area contributed by atoms with Gasteiger partial charge in [-0.3, -0.25) is 0 Å². The Balaban J connectivity index is 1.67. The van der Waals surface area contributed by atoms with Crippen LogP contribution in [0.5, 0.6) is 0 Å². The first-order chi connectivity index (χ1) is 9.81. The zero-order valence-corrected chi connectivity index (χ0v) is 11.9. The molecule has 0 bridgehead atoms. The molecule has 1 N–H and O–H groups in total. The molecule has 0 aliphatic carbocycles. The van der Waals surface area contributed by atoms with E-state index in [0.717, 1.165) is 27.8 Å². The van der Waals surface area contributed by atoms with Crippen LogP contribution in [0, 0.1) is 6.92 Å². The van der Waals surface area contributed by atoms with Gasteiger partial charge in [-0.1, -0.05) is 0 Å². The number of anilines is 1. The molecule has 0 radical (unpaired) electrons. The van der Waals surface area contributed by atoms with E-state index in [9.17, 15) is 0 Å². The fourth-order valence-electron chi connectivity index (χ4n) is 1.89. The minimum absolute atomic E-state index is 0.694. The first-order valence-corrected chi connectivity index (χ1v) is 7.21. The predicted molar refractivity (Wildman–Crippen MR) is 81.6 cm³/mol. The molecule has 3 rings (SSSR count). The molecule has 0 aliphatic heterocycles. The molecule has 1 aromatic carbocycles. The molecule has 0 aliphatic rings. The van der Waals surface area contributed by atoms with Gasteiger partial charge in [0, 0.05) is 29.0 Å². The minimum Gasteiger partial charge on any atom is -0.379 e. The maximum atomic E-state index is 4.36. The van der Waals surface area contributed by atoms with Gasteiger partial charge in [0.2, 0.25) is 0 Å². The SMILES string of the molecule is Cc1nccc(CNc2ccc(-c3nccs3)cc2)n1. The fourth-order valence-corrected chi connectivity index (χ4v) is 2.54. The Morgan fingerprint density at radius 2 is 1.90 bits per heavy atom. The molecule has 0 fully saturated rings. The quantitative estimate of drug-likeness (QED) is 0.795. The van der Waals surface area contributed by atoms with Gasteiger partial charge in [-0.15, -0.1) is 11.3 Å². The van der Waals surface area contributed by atoms with Crippen molar-refractivity contribution >= 4 is 17.0 Å².